The van der Waals surface area contributed by atoms with Gasteiger partial charge in [0.2, 0.25) is 0 Å². The van der Waals surface area contributed by atoms with Crippen molar-refractivity contribution in [2.45, 2.75) is 32.7 Å². The van der Waals surface area contributed by atoms with E-state index in [9.17, 15) is 0 Å². The molecule has 2 aromatic rings. The monoisotopic (exact) mass is 275 g/mol. The van der Waals surface area contributed by atoms with Crippen LogP contribution in [-0.4, -0.2) is 9.97 Å². The maximum Gasteiger partial charge on any atom is 0.137 e. The van der Waals surface area contributed by atoms with Crippen molar-refractivity contribution >= 4 is 17.4 Å². The standard InChI is InChI=1S/C15H18ClN3/c1-3-12-14(16)17-10-18-15(12)19-13(4-2)11-8-6-5-7-9-11/h5-10,13H,3-4H2,1-2H3,(H,17,18,19). The quantitative estimate of drug-likeness (QED) is 0.829. The van der Waals surface area contributed by atoms with Crippen molar-refractivity contribution in [3.63, 3.8) is 0 Å². The van der Waals surface area contributed by atoms with E-state index in [1.807, 2.05) is 18.2 Å². The molecule has 1 aromatic carbocycles. The maximum atomic E-state index is 6.11. The molecule has 0 bridgehead atoms. The summed E-state index contributed by atoms with van der Waals surface area (Å²) >= 11 is 6.11. The summed E-state index contributed by atoms with van der Waals surface area (Å²) in [6.07, 6.45) is 3.30. The number of anilines is 1. The van der Waals surface area contributed by atoms with Crippen molar-refractivity contribution in [1.82, 2.24) is 9.97 Å². The highest BCUT2D eigenvalue weighted by Crippen LogP contribution is 2.26. The van der Waals surface area contributed by atoms with Crippen LogP contribution in [0.5, 0.6) is 0 Å². The van der Waals surface area contributed by atoms with Crippen molar-refractivity contribution in [1.29, 1.82) is 0 Å². The number of benzene rings is 1. The van der Waals surface area contributed by atoms with Gasteiger partial charge in [0.25, 0.3) is 0 Å². The summed E-state index contributed by atoms with van der Waals surface area (Å²) in [4.78, 5) is 8.35. The topological polar surface area (TPSA) is 37.8 Å². The van der Waals surface area contributed by atoms with Gasteiger partial charge < -0.3 is 5.32 Å². The normalized spacial score (nSPS) is 12.2. The highest BCUT2D eigenvalue weighted by atomic mass is 35.5. The summed E-state index contributed by atoms with van der Waals surface area (Å²) in [6.45, 7) is 4.21. The summed E-state index contributed by atoms with van der Waals surface area (Å²) in [6, 6.07) is 10.6. The summed E-state index contributed by atoms with van der Waals surface area (Å²) in [5.41, 5.74) is 2.22. The second-order valence-corrected chi connectivity index (χ2v) is 4.72. The van der Waals surface area contributed by atoms with Crippen LogP contribution >= 0.6 is 11.6 Å². The second kappa shape index (κ2) is 6.53. The zero-order valence-electron chi connectivity index (χ0n) is 11.2. The number of aromatic nitrogens is 2. The number of rotatable bonds is 5. The van der Waals surface area contributed by atoms with E-state index in [0.717, 1.165) is 24.2 Å². The Morgan fingerprint density at radius 3 is 2.53 bits per heavy atom. The molecule has 0 aliphatic rings. The molecule has 1 aromatic heterocycles. The summed E-state index contributed by atoms with van der Waals surface area (Å²) in [5.74, 6) is 0.832. The van der Waals surface area contributed by atoms with Gasteiger partial charge in [-0.05, 0) is 18.4 Å². The first-order valence-electron chi connectivity index (χ1n) is 6.57. The fraction of sp³-hybridized carbons (Fsp3) is 0.333. The molecule has 4 heteroatoms. The number of hydrogen-bond donors (Lipinski definition) is 1. The molecule has 0 radical (unpaired) electrons. The van der Waals surface area contributed by atoms with Gasteiger partial charge in [-0.3, -0.25) is 0 Å². The van der Waals surface area contributed by atoms with Crippen molar-refractivity contribution < 1.29 is 0 Å². The molecule has 0 spiro atoms. The van der Waals surface area contributed by atoms with E-state index in [4.69, 9.17) is 11.6 Å². The molecule has 0 saturated carbocycles. The van der Waals surface area contributed by atoms with Gasteiger partial charge in [0.05, 0.1) is 6.04 Å². The van der Waals surface area contributed by atoms with E-state index in [-0.39, 0.29) is 6.04 Å². The summed E-state index contributed by atoms with van der Waals surface area (Å²) in [5, 5.41) is 4.00. The minimum absolute atomic E-state index is 0.234. The lowest BCUT2D eigenvalue weighted by Crippen LogP contribution is -2.12. The van der Waals surface area contributed by atoms with E-state index >= 15 is 0 Å². The van der Waals surface area contributed by atoms with E-state index in [0.29, 0.717) is 5.15 Å². The van der Waals surface area contributed by atoms with Gasteiger partial charge in [0, 0.05) is 5.56 Å². The first kappa shape index (κ1) is 13.8. The molecule has 0 fully saturated rings. The van der Waals surface area contributed by atoms with E-state index in [1.165, 1.54) is 11.9 Å². The molecule has 1 unspecified atom stereocenters. The van der Waals surface area contributed by atoms with Crippen LogP contribution in [0.4, 0.5) is 5.82 Å². The van der Waals surface area contributed by atoms with Crippen LogP contribution in [0.3, 0.4) is 0 Å². The molecule has 0 aliphatic carbocycles. The fourth-order valence-electron chi connectivity index (χ4n) is 2.10. The summed E-state index contributed by atoms with van der Waals surface area (Å²) < 4.78 is 0. The van der Waals surface area contributed by atoms with Crippen LogP contribution in [0.1, 0.15) is 37.4 Å². The predicted molar refractivity (Wildman–Crippen MR) is 79.5 cm³/mol. The van der Waals surface area contributed by atoms with Crippen molar-refractivity contribution in [2.24, 2.45) is 0 Å². The van der Waals surface area contributed by atoms with Crippen molar-refractivity contribution in [3.05, 3.63) is 52.9 Å². The molecule has 19 heavy (non-hydrogen) atoms. The third kappa shape index (κ3) is 3.24. The first-order chi connectivity index (χ1) is 9.26. The fourth-order valence-corrected chi connectivity index (χ4v) is 2.37. The number of hydrogen-bond acceptors (Lipinski definition) is 3. The van der Waals surface area contributed by atoms with Crippen molar-refractivity contribution in [2.75, 3.05) is 5.32 Å². The largest absolute Gasteiger partial charge is 0.363 e. The molecule has 100 valence electrons. The highest BCUT2D eigenvalue weighted by molar-refractivity contribution is 6.30. The molecular formula is C15H18ClN3. The third-order valence-corrected chi connectivity index (χ3v) is 3.49. The lowest BCUT2D eigenvalue weighted by molar-refractivity contribution is 0.741. The Hall–Kier alpha value is -1.61. The van der Waals surface area contributed by atoms with Crippen LogP contribution in [0.25, 0.3) is 0 Å². The van der Waals surface area contributed by atoms with Crippen LogP contribution in [0, 0.1) is 0 Å². The van der Waals surface area contributed by atoms with Gasteiger partial charge in [0.15, 0.2) is 0 Å². The first-order valence-corrected chi connectivity index (χ1v) is 6.94. The van der Waals surface area contributed by atoms with Gasteiger partial charge in [-0.2, -0.15) is 0 Å². The highest BCUT2D eigenvalue weighted by Gasteiger charge is 2.13. The number of nitrogens with one attached hydrogen (secondary N) is 1. The molecule has 3 nitrogen and oxygen atoms in total. The maximum absolute atomic E-state index is 6.11. The number of halogens is 1. The Morgan fingerprint density at radius 2 is 1.89 bits per heavy atom. The van der Waals surface area contributed by atoms with Crippen molar-refractivity contribution in [3.8, 4) is 0 Å². The zero-order valence-corrected chi connectivity index (χ0v) is 12.0. The Kier molecular flexibility index (Phi) is 4.74. The molecule has 1 atom stereocenters. The molecule has 0 aliphatic heterocycles. The average molecular weight is 276 g/mol. The van der Waals surface area contributed by atoms with Gasteiger partial charge in [0.1, 0.15) is 17.3 Å². The van der Waals surface area contributed by atoms with Gasteiger partial charge in [-0.1, -0.05) is 55.8 Å². The molecule has 1 heterocycles. The van der Waals surface area contributed by atoms with Gasteiger partial charge in [-0.15, -0.1) is 0 Å². The molecular weight excluding hydrogens is 258 g/mol. The van der Waals surface area contributed by atoms with Crippen LogP contribution in [-0.2, 0) is 6.42 Å². The lowest BCUT2D eigenvalue weighted by Gasteiger charge is -2.20. The Balaban J connectivity index is 2.27. The Bertz CT molecular complexity index is 528. The minimum Gasteiger partial charge on any atom is -0.363 e. The SMILES string of the molecule is CCc1c(Cl)ncnc1NC(CC)c1ccccc1. The van der Waals surface area contributed by atoms with Gasteiger partial charge in [-0.25, -0.2) is 9.97 Å². The van der Waals surface area contributed by atoms with E-state index < -0.39 is 0 Å². The van der Waals surface area contributed by atoms with E-state index in [2.05, 4.69) is 41.3 Å². The van der Waals surface area contributed by atoms with Crippen LogP contribution in [0.2, 0.25) is 5.15 Å². The average Bonchev–Trinajstić information content (AvgIpc) is 2.46. The van der Waals surface area contributed by atoms with Crippen LogP contribution < -0.4 is 5.32 Å². The Morgan fingerprint density at radius 1 is 1.16 bits per heavy atom. The third-order valence-electron chi connectivity index (χ3n) is 3.17. The minimum atomic E-state index is 0.234. The van der Waals surface area contributed by atoms with Gasteiger partial charge >= 0.3 is 0 Å². The Labute approximate surface area is 119 Å². The second-order valence-electron chi connectivity index (χ2n) is 4.36. The van der Waals surface area contributed by atoms with E-state index in [1.54, 1.807) is 0 Å². The molecule has 0 saturated heterocycles. The molecule has 2 rings (SSSR count). The zero-order chi connectivity index (χ0) is 13.7. The molecule has 1 N–H and O–H groups in total. The number of nitrogens with zero attached hydrogens (tertiary/aromatic N) is 2. The smallest absolute Gasteiger partial charge is 0.137 e. The summed E-state index contributed by atoms with van der Waals surface area (Å²) in [7, 11) is 0. The predicted octanol–water partition coefficient (Wildman–Crippen LogP) is 4.26. The lowest BCUT2D eigenvalue weighted by atomic mass is 10.0. The van der Waals surface area contributed by atoms with Crippen LogP contribution in [0.15, 0.2) is 36.7 Å². The molecule has 0 amide bonds.